The zero-order valence-electron chi connectivity index (χ0n) is 13.8. The Hall–Kier alpha value is -1.06. The van der Waals surface area contributed by atoms with Crippen LogP contribution in [0, 0.1) is 5.92 Å². The Labute approximate surface area is 124 Å². The summed E-state index contributed by atoms with van der Waals surface area (Å²) in [4.78, 5) is 2.24. The Balaban J connectivity index is 2.65. The maximum Gasteiger partial charge on any atom is 0.119 e. The normalized spacial score (nSPS) is 14.6. The fourth-order valence-corrected chi connectivity index (χ4v) is 2.29. The van der Waals surface area contributed by atoms with Crippen LogP contribution in [0.3, 0.4) is 0 Å². The summed E-state index contributed by atoms with van der Waals surface area (Å²) in [7, 11) is 4.25. The van der Waals surface area contributed by atoms with Crippen molar-refractivity contribution < 1.29 is 4.74 Å². The van der Waals surface area contributed by atoms with Crippen LogP contribution in [0.1, 0.15) is 39.3 Å². The van der Waals surface area contributed by atoms with Crippen molar-refractivity contribution in [2.75, 3.05) is 27.2 Å². The Morgan fingerprint density at radius 1 is 1.10 bits per heavy atom. The number of ether oxygens (including phenoxy) is 1. The van der Waals surface area contributed by atoms with Gasteiger partial charge in [0.15, 0.2) is 0 Å². The molecule has 3 nitrogen and oxygen atoms in total. The topological polar surface area (TPSA) is 24.5 Å². The molecule has 1 rings (SSSR count). The number of hydrogen-bond acceptors (Lipinski definition) is 3. The molecule has 114 valence electrons. The third-order valence-electron chi connectivity index (χ3n) is 3.52. The Morgan fingerprint density at radius 2 is 1.70 bits per heavy atom. The van der Waals surface area contributed by atoms with E-state index in [1.165, 1.54) is 5.56 Å². The van der Waals surface area contributed by atoms with Gasteiger partial charge in [0.05, 0.1) is 6.61 Å². The van der Waals surface area contributed by atoms with E-state index in [0.717, 1.165) is 12.3 Å². The number of benzene rings is 1. The first-order valence-electron chi connectivity index (χ1n) is 7.57. The average molecular weight is 278 g/mol. The van der Waals surface area contributed by atoms with Crippen LogP contribution >= 0.6 is 0 Å². The molecule has 0 aliphatic heterocycles. The minimum Gasteiger partial charge on any atom is -0.494 e. The molecule has 0 saturated carbocycles. The van der Waals surface area contributed by atoms with E-state index in [1.54, 1.807) is 0 Å². The molecule has 0 aliphatic carbocycles. The van der Waals surface area contributed by atoms with Crippen molar-refractivity contribution in [1.29, 1.82) is 0 Å². The van der Waals surface area contributed by atoms with Gasteiger partial charge in [-0.05, 0) is 51.6 Å². The SMILES string of the molecule is CCOc1ccc(C(C)NC(CN(C)C)C(C)C)cc1. The molecule has 0 bridgehead atoms. The summed E-state index contributed by atoms with van der Waals surface area (Å²) in [5.74, 6) is 1.56. The monoisotopic (exact) mass is 278 g/mol. The van der Waals surface area contributed by atoms with Crippen molar-refractivity contribution in [2.24, 2.45) is 5.92 Å². The number of rotatable bonds is 8. The van der Waals surface area contributed by atoms with Crippen LogP contribution in [0.2, 0.25) is 0 Å². The minimum absolute atomic E-state index is 0.345. The van der Waals surface area contributed by atoms with Crippen LogP contribution in [0.25, 0.3) is 0 Å². The van der Waals surface area contributed by atoms with Gasteiger partial charge in [-0.3, -0.25) is 0 Å². The third kappa shape index (κ3) is 5.51. The van der Waals surface area contributed by atoms with E-state index in [-0.39, 0.29) is 0 Å². The number of nitrogens with one attached hydrogen (secondary N) is 1. The van der Waals surface area contributed by atoms with Crippen molar-refractivity contribution in [3.8, 4) is 5.75 Å². The van der Waals surface area contributed by atoms with Gasteiger partial charge in [-0.25, -0.2) is 0 Å². The van der Waals surface area contributed by atoms with E-state index >= 15 is 0 Å². The van der Waals surface area contributed by atoms with Crippen molar-refractivity contribution in [2.45, 2.75) is 39.8 Å². The second-order valence-corrected chi connectivity index (χ2v) is 6.00. The molecule has 0 spiro atoms. The Bertz CT molecular complexity index is 373. The van der Waals surface area contributed by atoms with Gasteiger partial charge in [0, 0.05) is 18.6 Å². The number of nitrogens with zero attached hydrogens (tertiary/aromatic N) is 1. The molecule has 1 N–H and O–H groups in total. The lowest BCUT2D eigenvalue weighted by Crippen LogP contribution is -2.43. The molecule has 0 amide bonds. The third-order valence-corrected chi connectivity index (χ3v) is 3.52. The molecule has 1 aromatic rings. The molecule has 20 heavy (non-hydrogen) atoms. The lowest BCUT2D eigenvalue weighted by Gasteiger charge is -2.29. The summed E-state index contributed by atoms with van der Waals surface area (Å²) < 4.78 is 5.49. The molecule has 0 aliphatic rings. The summed E-state index contributed by atoms with van der Waals surface area (Å²) >= 11 is 0. The first kappa shape index (κ1) is 17.0. The molecule has 0 heterocycles. The van der Waals surface area contributed by atoms with E-state index < -0.39 is 0 Å². The quantitative estimate of drug-likeness (QED) is 0.789. The smallest absolute Gasteiger partial charge is 0.119 e. The van der Waals surface area contributed by atoms with Gasteiger partial charge in [-0.2, -0.15) is 0 Å². The Morgan fingerprint density at radius 3 is 2.15 bits per heavy atom. The van der Waals surface area contributed by atoms with Crippen LogP contribution in [0.15, 0.2) is 24.3 Å². The number of likely N-dealkylation sites (N-methyl/N-ethyl adjacent to an activating group) is 1. The predicted octanol–water partition coefficient (Wildman–Crippen LogP) is 3.32. The fraction of sp³-hybridized carbons (Fsp3) is 0.647. The van der Waals surface area contributed by atoms with Gasteiger partial charge in [0.1, 0.15) is 5.75 Å². The fourth-order valence-electron chi connectivity index (χ4n) is 2.29. The average Bonchev–Trinajstić information content (AvgIpc) is 2.38. The number of hydrogen-bond donors (Lipinski definition) is 1. The van der Waals surface area contributed by atoms with Gasteiger partial charge in [-0.1, -0.05) is 26.0 Å². The van der Waals surface area contributed by atoms with E-state index in [2.05, 4.69) is 57.2 Å². The minimum atomic E-state index is 0.345. The van der Waals surface area contributed by atoms with Crippen LogP contribution in [0.4, 0.5) is 0 Å². The summed E-state index contributed by atoms with van der Waals surface area (Å²) in [6.07, 6.45) is 0. The highest BCUT2D eigenvalue weighted by atomic mass is 16.5. The molecule has 0 fully saturated rings. The van der Waals surface area contributed by atoms with Crippen molar-refractivity contribution in [3.05, 3.63) is 29.8 Å². The lowest BCUT2D eigenvalue weighted by molar-refractivity contribution is 0.273. The van der Waals surface area contributed by atoms with Crippen molar-refractivity contribution >= 4 is 0 Å². The maximum absolute atomic E-state index is 5.49. The van der Waals surface area contributed by atoms with Gasteiger partial charge in [0.25, 0.3) is 0 Å². The van der Waals surface area contributed by atoms with Gasteiger partial charge in [0.2, 0.25) is 0 Å². The van der Waals surface area contributed by atoms with E-state index in [4.69, 9.17) is 4.74 Å². The van der Waals surface area contributed by atoms with Crippen molar-refractivity contribution in [1.82, 2.24) is 10.2 Å². The summed E-state index contributed by atoms with van der Waals surface area (Å²) in [5, 5.41) is 3.73. The van der Waals surface area contributed by atoms with Gasteiger partial charge >= 0.3 is 0 Å². The standard InChI is InChI=1S/C17H30N2O/c1-7-20-16-10-8-15(9-11-16)14(4)18-17(13(2)3)12-19(5)6/h8-11,13-14,17-18H,7,12H2,1-6H3. The Kier molecular flexibility index (Phi) is 7.03. The van der Waals surface area contributed by atoms with Crippen LogP contribution in [-0.4, -0.2) is 38.2 Å². The zero-order chi connectivity index (χ0) is 15.1. The summed E-state index contributed by atoms with van der Waals surface area (Å²) in [5.41, 5.74) is 1.30. The second-order valence-electron chi connectivity index (χ2n) is 6.00. The van der Waals surface area contributed by atoms with Gasteiger partial charge < -0.3 is 15.0 Å². The predicted molar refractivity (Wildman–Crippen MR) is 86.3 cm³/mol. The second kappa shape index (κ2) is 8.28. The van der Waals surface area contributed by atoms with E-state index in [1.807, 2.05) is 19.1 Å². The molecular formula is C17H30N2O. The van der Waals surface area contributed by atoms with Crippen LogP contribution < -0.4 is 10.1 Å². The zero-order valence-corrected chi connectivity index (χ0v) is 13.8. The maximum atomic E-state index is 5.49. The molecule has 2 unspecified atom stereocenters. The molecule has 0 radical (unpaired) electrons. The molecule has 0 aromatic heterocycles. The summed E-state index contributed by atoms with van der Waals surface area (Å²) in [6, 6.07) is 9.23. The molecule has 0 saturated heterocycles. The van der Waals surface area contributed by atoms with Crippen molar-refractivity contribution in [3.63, 3.8) is 0 Å². The molecular weight excluding hydrogens is 248 g/mol. The highest BCUT2D eigenvalue weighted by Gasteiger charge is 2.17. The van der Waals surface area contributed by atoms with E-state index in [9.17, 15) is 0 Å². The summed E-state index contributed by atoms with van der Waals surface area (Å²) in [6.45, 7) is 10.5. The highest BCUT2D eigenvalue weighted by Crippen LogP contribution is 2.19. The molecule has 2 atom stereocenters. The van der Waals surface area contributed by atoms with Gasteiger partial charge in [-0.15, -0.1) is 0 Å². The first-order chi connectivity index (χ1) is 9.43. The highest BCUT2D eigenvalue weighted by molar-refractivity contribution is 5.29. The lowest BCUT2D eigenvalue weighted by atomic mass is 10.0. The molecule has 3 heteroatoms. The van der Waals surface area contributed by atoms with Crippen LogP contribution in [0.5, 0.6) is 5.75 Å². The largest absolute Gasteiger partial charge is 0.494 e. The first-order valence-corrected chi connectivity index (χ1v) is 7.57. The van der Waals surface area contributed by atoms with Crippen LogP contribution in [-0.2, 0) is 0 Å². The molecule has 1 aromatic carbocycles. The van der Waals surface area contributed by atoms with E-state index in [0.29, 0.717) is 24.6 Å².